The zero-order valence-electron chi connectivity index (χ0n) is 9.73. The largest absolute Gasteiger partial charge is 0.323 e. The molecular weight excluding hydrogens is 214 g/mol. The lowest BCUT2D eigenvalue weighted by atomic mass is 10.2. The molecule has 2 aromatic heterocycles. The molecule has 0 amide bonds. The molecular formula is C12H13N5. The number of benzene rings is 1. The fourth-order valence-electron chi connectivity index (χ4n) is 1.91. The van der Waals surface area contributed by atoms with Crippen molar-refractivity contribution in [1.29, 1.82) is 0 Å². The Morgan fingerprint density at radius 2 is 2.12 bits per heavy atom. The summed E-state index contributed by atoms with van der Waals surface area (Å²) in [4.78, 5) is 0. The molecule has 0 saturated heterocycles. The van der Waals surface area contributed by atoms with Gasteiger partial charge in [0.1, 0.15) is 5.82 Å². The molecule has 0 atom stereocenters. The Balaban J connectivity index is 2.03. The van der Waals surface area contributed by atoms with Crippen molar-refractivity contribution in [2.45, 2.75) is 6.92 Å². The molecule has 3 aromatic rings. The van der Waals surface area contributed by atoms with E-state index in [1.165, 1.54) is 0 Å². The lowest BCUT2D eigenvalue weighted by Gasteiger charge is -2.02. The maximum absolute atomic E-state index is 4.29. The van der Waals surface area contributed by atoms with Gasteiger partial charge in [0, 0.05) is 18.5 Å². The molecule has 2 heterocycles. The maximum Gasteiger partial charge on any atom is 0.161 e. The minimum Gasteiger partial charge on any atom is -0.323 e. The lowest BCUT2D eigenvalue weighted by molar-refractivity contribution is 0.764. The summed E-state index contributed by atoms with van der Waals surface area (Å²) in [5.41, 5.74) is 2.00. The molecule has 0 radical (unpaired) electrons. The minimum atomic E-state index is 0.823. The Bertz CT molecular complexity index is 664. The van der Waals surface area contributed by atoms with Crippen LogP contribution in [0.3, 0.4) is 0 Å². The molecule has 0 saturated carbocycles. The van der Waals surface area contributed by atoms with Crippen molar-refractivity contribution in [3.63, 3.8) is 0 Å². The van der Waals surface area contributed by atoms with Gasteiger partial charge in [0.25, 0.3) is 0 Å². The average Bonchev–Trinajstić information content (AvgIpc) is 2.85. The molecule has 5 nitrogen and oxygen atoms in total. The van der Waals surface area contributed by atoms with Gasteiger partial charge in [0.15, 0.2) is 5.82 Å². The molecule has 1 aromatic carbocycles. The highest BCUT2D eigenvalue weighted by molar-refractivity contribution is 5.90. The highest BCUT2D eigenvalue weighted by Crippen LogP contribution is 2.23. The number of nitrogens with one attached hydrogen (secondary N) is 2. The van der Waals surface area contributed by atoms with Gasteiger partial charge in [-0.1, -0.05) is 12.1 Å². The number of hydrogen-bond acceptors (Lipinski definition) is 3. The summed E-state index contributed by atoms with van der Waals surface area (Å²) in [5, 5.41) is 15.9. The second-order valence-corrected chi connectivity index (χ2v) is 4.04. The van der Waals surface area contributed by atoms with Crippen LogP contribution in [0.5, 0.6) is 0 Å². The van der Waals surface area contributed by atoms with Crippen LogP contribution in [-0.4, -0.2) is 20.0 Å². The quantitative estimate of drug-likeness (QED) is 0.706. The molecule has 0 spiro atoms. The van der Waals surface area contributed by atoms with E-state index in [2.05, 4.69) is 20.6 Å². The second kappa shape index (κ2) is 3.62. The Hall–Kier alpha value is -2.30. The first-order valence-corrected chi connectivity index (χ1v) is 5.45. The fraction of sp³-hybridized carbons (Fsp3) is 0.167. The van der Waals surface area contributed by atoms with E-state index in [0.717, 1.165) is 28.2 Å². The number of aryl methyl sites for hydroxylation is 2. The maximum atomic E-state index is 4.29. The number of aromatic amines is 1. The summed E-state index contributed by atoms with van der Waals surface area (Å²) in [6.07, 6.45) is 0. The molecule has 86 valence electrons. The molecule has 0 aliphatic heterocycles. The highest BCUT2D eigenvalue weighted by Gasteiger charge is 2.07. The predicted octanol–water partition coefficient (Wildman–Crippen LogP) is 2.35. The third-order valence-electron chi connectivity index (χ3n) is 2.72. The van der Waals surface area contributed by atoms with E-state index in [4.69, 9.17) is 0 Å². The van der Waals surface area contributed by atoms with Crippen molar-refractivity contribution in [3.8, 4) is 0 Å². The summed E-state index contributed by atoms with van der Waals surface area (Å²) < 4.78 is 1.80. The summed E-state index contributed by atoms with van der Waals surface area (Å²) >= 11 is 0. The summed E-state index contributed by atoms with van der Waals surface area (Å²) in [6.45, 7) is 1.97. The number of para-hydroxylation sites is 1. The first-order chi connectivity index (χ1) is 8.24. The van der Waals surface area contributed by atoms with Gasteiger partial charge < -0.3 is 5.32 Å². The Kier molecular flexibility index (Phi) is 2.11. The van der Waals surface area contributed by atoms with Crippen molar-refractivity contribution >= 4 is 22.5 Å². The van der Waals surface area contributed by atoms with Crippen LogP contribution in [0.15, 0.2) is 30.3 Å². The molecule has 0 fully saturated rings. The zero-order chi connectivity index (χ0) is 11.8. The first-order valence-electron chi connectivity index (χ1n) is 5.45. The van der Waals surface area contributed by atoms with E-state index in [0.29, 0.717) is 0 Å². The van der Waals surface area contributed by atoms with E-state index < -0.39 is 0 Å². The van der Waals surface area contributed by atoms with Gasteiger partial charge in [-0.3, -0.25) is 9.78 Å². The van der Waals surface area contributed by atoms with E-state index in [1.807, 2.05) is 44.3 Å². The first kappa shape index (κ1) is 9.89. The van der Waals surface area contributed by atoms with Gasteiger partial charge in [-0.25, -0.2) is 0 Å². The summed E-state index contributed by atoms with van der Waals surface area (Å²) in [6, 6.07) is 10.0. The molecule has 0 aliphatic carbocycles. The third-order valence-corrected chi connectivity index (χ3v) is 2.72. The minimum absolute atomic E-state index is 0.823. The highest BCUT2D eigenvalue weighted by atomic mass is 15.3. The van der Waals surface area contributed by atoms with Gasteiger partial charge in [-0.15, -0.1) is 0 Å². The Morgan fingerprint density at radius 1 is 1.29 bits per heavy atom. The summed E-state index contributed by atoms with van der Waals surface area (Å²) in [7, 11) is 1.91. The predicted molar refractivity (Wildman–Crippen MR) is 67.3 cm³/mol. The lowest BCUT2D eigenvalue weighted by Crippen LogP contribution is -1.99. The average molecular weight is 227 g/mol. The van der Waals surface area contributed by atoms with Gasteiger partial charge in [-0.2, -0.15) is 10.2 Å². The smallest absolute Gasteiger partial charge is 0.161 e. The van der Waals surface area contributed by atoms with Gasteiger partial charge in [-0.05, 0) is 19.1 Å². The SMILES string of the molecule is Cc1cc(Nc2n[nH]c3ccccc23)n(C)n1. The molecule has 0 bridgehead atoms. The topological polar surface area (TPSA) is 58.5 Å². The molecule has 5 heteroatoms. The molecule has 0 aliphatic rings. The number of hydrogen-bond donors (Lipinski definition) is 2. The van der Waals surface area contributed by atoms with Crippen molar-refractivity contribution in [2.24, 2.45) is 7.05 Å². The van der Waals surface area contributed by atoms with Crippen molar-refractivity contribution < 1.29 is 0 Å². The molecule has 17 heavy (non-hydrogen) atoms. The normalized spacial score (nSPS) is 10.9. The van der Waals surface area contributed by atoms with Gasteiger partial charge in [0.05, 0.1) is 11.2 Å². The molecule has 3 rings (SSSR count). The second-order valence-electron chi connectivity index (χ2n) is 4.04. The van der Waals surface area contributed by atoms with Crippen LogP contribution in [0.25, 0.3) is 10.9 Å². The van der Waals surface area contributed by atoms with E-state index in [-0.39, 0.29) is 0 Å². The third kappa shape index (κ3) is 1.65. The van der Waals surface area contributed by atoms with Crippen LogP contribution < -0.4 is 5.32 Å². The van der Waals surface area contributed by atoms with E-state index in [1.54, 1.807) is 4.68 Å². The summed E-state index contributed by atoms with van der Waals surface area (Å²) in [5.74, 6) is 1.75. The monoisotopic (exact) mass is 227 g/mol. The van der Waals surface area contributed by atoms with Crippen LogP contribution in [0.1, 0.15) is 5.69 Å². The van der Waals surface area contributed by atoms with Crippen molar-refractivity contribution in [3.05, 3.63) is 36.0 Å². The number of rotatable bonds is 2. The van der Waals surface area contributed by atoms with Gasteiger partial charge in [0.2, 0.25) is 0 Å². The van der Waals surface area contributed by atoms with Crippen LogP contribution in [0.2, 0.25) is 0 Å². The Morgan fingerprint density at radius 3 is 2.88 bits per heavy atom. The van der Waals surface area contributed by atoms with E-state index >= 15 is 0 Å². The fourth-order valence-corrected chi connectivity index (χ4v) is 1.91. The molecule has 2 N–H and O–H groups in total. The number of aromatic nitrogens is 4. The van der Waals surface area contributed by atoms with Gasteiger partial charge >= 0.3 is 0 Å². The van der Waals surface area contributed by atoms with Crippen LogP contribution in [0, 0.1) is 6.92 Å². The standard InChI is InChI=1S/C12H13N5/c1-8-7-11(17(2)16-8)13-12-9-5-3-4-6-10(9)14-15-12/h3-7H,1-2H3,(H2,13,14,15). The number of anilines is 2. The number of fused-ring (bicyclic) bond motifs is 1. The Labute approximate surface area is 98.5 Å². The van der Waals surface area contributed by atoms with Crippen LogP contribution in [0.4, 0.5) is 11.6 Å². The van der Waals surface area contributed by atoms with Crippen molar-refractivity contribution in [1.82, 2.24) is 20.0 Å². The number of H-pyrrole nitrogens is 1. The van der Waals surface area contributed by atoms with Crippen LogP contribution >= 0.6 is 0 Å². The van der Waals surface area contributed by atoms with Crippen molar-refractivity contribution in [2.75, 3.05) is 5.32 Å². The van der Waals surface area contributed by atoms with Crippen LogP contribution in [-0.2, 0) is 7.05 Å². The molecule has 0 unspecified atom stereocenters. The van der Waals surface area contributed by atoms with E-state index in [9.17, 15) is 0 Å². The number of nitrogens with zero attached hydrogens (tertiary/aromatic N) is 3. The zero-order valence-corrected chi connectivity index (χ0v) is 9.73.